The highest BCUT2D eigenvalue weighted by atomic mass is 16.5. The molecule has 2 aromatic carbocycles. The number of carbonyl (C=O) groups is 1. The van der Waals surface area contributed by atoms with Gasteiger partial charge in [-0.2, -0.15) is 0 Å². The zero-order valence-corrected chi connectivity index (χ0v) is 14.2. The second-order valence-corrected chi connectivity index (χ2v) is 6.23. The molecule has 0 aliphatic carbocycles. The van der Waals surface area contributed by atoms with E-state index in [1.807, 2.05) is 70.2 Å². The predicted molar refractivity (Wildman–Crippen MR) is 92.2 cm³/mol. The van der Waals surface area contributed by atoms with Crippen LogP contribution in [0.4, 0.5) is 0 Å². The lowest BCUT2D eigenvalue weighted by molar-refractivity contribution is -0.138. The molecule has 0 aliphatic rings. The number of aliphatic carboxylic acids is 1. The lowest BCUT2D eigenvalue weighted by Gasteiger charge is -2.19. The minimum Gasteiger partial charge on any atom is -0.491 e. The summed E-state index contributed by atoms with van der Waals surface area (Å²) >= 11 is 0. The molecule has 0 heterocycles. The third-order valence-electron chi connectivity index (χ3n) is 3.86. The Kier molecular flexibility index (Phi) is 5.43. The number of aryl methyl sites for hydroxylation is 2. The van der Waals surface area contributed by atoms with Crippen LogP contribution < -0.4 is 4.74 Å². The Morgan fingerprint density at radius 2 is 1.83 bits per heavy atom. The molecule has 1 unspecified atom stereocenters. The summed E-state index contributed by atoms with van der Waals surface area (Å²) in [5.74, 6) is -0.623. The molecule has 1 atom stereocenters. The van der Waals surface area contributed by atoms with Crippen molar-refractivity contribution in [2.45, 2.75) is 46.1 Å². The molecule has 2 rings (SSSR count). The Balaban J connectivity index is 2.36. The fourth-order valence-corrected chi connectivity index (χ4v) is 2.81. The predicted octanol–water partition coefficient (Wildman–Crippen LogP) is 4.50. The maximum atomic E-state index is 11.8. The topological polar surface area (TPSA) is 46.5 Å². The van der Waals surface area contributed by atoms with E-state index in [0.29, 0.717) is 6.42 Å². The van der Waals surface area contributed by atoms with Gasteiger partial charge in [0.15, 0.2) is 0 Å². The van der Waals surface area contributed by atoms with Crippen LogP contribution in [-0.4, -0.2) is 17.2 Å². The van der Waals surface area contributed by atoms with Crippen molar-refractivity contribution in [2.75, 3.05) is 0 Å². The molecule has 0 saturated heterocycles. The van der Waals surface area contributed by atoms with E-state index in [1.54, 1.807) is 0 Å². The van der Waals surface area contributed by atoms with Crippen LogP contribution in [-0.2, 0) is 11.2 Å². The van der Waals surface area contributed by atoms with Gasteiger partial charge in [-0.1, -0.05) is 42.0 Å². The summed E-state index contributed by atoms with van der Waals surface area (Å²) in [6, 6.07) is 13.6. The molecular weight excluding hydrogens is 288 g/mol. The zero-order chi connectivity index (χ0) is 17.0. The summed E-state index contributed by atoms with van der Waals surface area (Å²) < 4.78 is 5.82. The lowest BCUT2D eigenvalue weighted by Crippen LogP contribution is -2.17. The second-order valence-electron chi connectivity index (χ2n) is 6.23. The number of benzene rings is 2. The summed E-state index contributed by atoms with van der Waals surface area (Å²) in [7, 11) is 0. The number of carboxylic acids is 1. The third-order valence-corrected chi connectivity index (χ3v) is 3.86. The van der Waals surface area contributed by atoms with E-state index in [-0.39, 0.29) is 6.10 Å². The van der Waals surface area contributed by atoms with Crippen molar-refractivity contribution < 1.29 is 14.6 Å². The Bertz CT molecular complexity index is 689. The van der Waals surface area contributed by atoms with Crippen molar-refractivity contribution in [3.8, 4) is 5.75 Å². The number of para-hydroxylation sites is 1. The summed E-state index contributed by atoms with van der Waals surface area (Å²) in [4.78, 5) is 11.8. The highest BCUT2D eigenvalue weighted by Gasteiger charge is 2.23. The van der Waals surface area contributed by atoms with E-state index in [9.17, 15) is 9.90 Å². The first-order chi connectivity index (χ1) is 10.9. The largest absolute Gasteiger partial charge is 0.491 e. The van der Waals surface area contributed by atoms with Gasteiger partial charge < -0.3 is 9.84 Å². The van der Waals surface area contributed by atoms with Gasteiger partial charge in [-0.05, 0) is 56.9 Å². The third kappa shape index (κ3) is 4.35. The number of hydrogen-bond donors (Lipinski definition) is 1. The monoisotopic (exact) mass is 312 g/mol. The minimum atomic E-state index is -0.809. The van der Waals surface area contributed by atoms with Gasteiger partial charge in [0.25, 0.3) is 0 Å². The SMILES string of the molecule is Cc1ccc(C(Cc2ccccc2OC(C)C)C(=O)O)c(C)c1. The molecule has 3 heteroatoms. The molecule has 0 bridgehead atoms. The van der Waals surface area contributed by atoms with E-state index in [0.717, 1.165) is 28.0 Å². The van der Waals surface area contributed by atoms with E-state index in [2.05, 4.69) is 0 Å². The first-order valence-corrected chi connectivity index (χ1v) is 7.93. The zero-order valence-electron chi connectivity index (χ0n) is 14.2. The Morgan fingerprint density at radius 1 is 1.13 bits per heavy atom. The van der Waals surface area contributed by atoms with Crippen molar-refractivity contribution in [3.05, 3.63) is 64.7 Å². The van der Waals surface area contributed by atoms with Gasteiger partial charge in [-0.25, -0.2) is 0 Å². The van der Waals surface area contributed by atoms with Gasteiger partial charge in [0.2, 0.25) is 0 Å². The van der Waals surface area contributed by atoms with Crippen LogP contribution in [0.5, 0.6) is 5.75 Å². The molecule has 122 valence electrons. The fraction of sp³-hybridized carbons (Fsp3) is 0.350. The number of ether oxygens (including phenoxy) is 1. The first-order valence-electron chi connectivity index (χ1n) is 7.93. The molecule has 3 nitrogen and oxygen atoms in total. The maximum Gasteiger partial charge on any atom is 0.311 e. The van der Waals surface area contributed by atoms with E-state index >= 15 is 0 Å². The van der Waals surface area contributed by atoms with Crippen molar-refractivity contribution in [1.29, 1.82) is 0 Å². The molecule has 0 aromatic heterocycles. The normalized spacial score (nSPS) is 12.2. The molecule has 0 fully saturated rings. The summed E-state index contributed by atoms with van der Waals surface area (Å²) in [6.45, 7) is 7.91. The van der Waals surface area contributed by atoms with Crippen LogP contribution in [0.25, 0.3) is 0 Å². The van der Waals surface area contributed by atoms with Crippen molar-refractivity contribution in [3.63, 3.8) is 0 Å². The Labute approximate surface area is 137 Å². The number of carboxylic acid groups (broad SMARTS) is 1. The summed E-state index contributed by atoms with van der Waals surface area (Å²) in [6.07, 6.45) is 0.475. The van der Waals surface area contributed by atoms with Gasteiger partial charge in [-0.15, -0.1) is 0 Å². The van der Waals surface area contributed by atoms with Crippen molar-refractivity contribution in [1.82, 2.24) is 0 Å². The second kappa shape index (κ2) is 7.32. The number of rotatable bonds is 6. The van der Waals surface area contributed by atoms with E-state index in [4.69, 9.17) is 4.74 Å². The summed E-state index contributed by atoms with van der Waals surface area (Å²) in [5, 5.41) is 9.71. The summed E-state index contributed by atoms with van der Waals surface area (Å²) in [5.41, 5.74) is 3.94. The van der Waals surface area contributed by atoms with Gasteiger partial charge >= 0.3 is 5.97 Å². The molecule has 1 N–H and O–H groups in total. The smallest absolute Gasteiger partial charge is 0.311 e. The average molecular weight is 312 g/mol. The van der Waals surface area contributed by atoms with E-state index < -0.39 is 11.9 Å². The molecular formula is C20H24O3. The minimum absolute atomic E-state index is 0.0561. The first kappa shape index (κ1) is 17.1. The van der Waals surface area contributed by atoms with Gasteiger partial charge in [0, 0.05) is 0 Å². The molecule has 2 aromatic rings. The van der Waals surface area contributed by atoms with Gasteiger partial charge in [-0.3, -0.25) is 4.79 Å². The van der Waals surface area contributed by atoms with Gasteiger partial charge in [0.1, 0.15) is 5.75 Å². The molecule has 0 saturated carbocycles. The van der Waals surface area contributed by atoms with Crippen LogP contribution >= 0.6 is 0 Å². The molecule has 0 amide bonds. The van der Waals surface area contributed by atoms with Crippen LogP contribution in [0, 0.1) is 13.8 Å². The van der Waals surface area contributed by atoms with Gasteiger partial charge in [0.05, 0.1) is 12.0 Å². The quantitative estimate of drug-likeness (QED) is 0.854. The highest BCUT2D eigenvalue weighted by molar-refractivity contribution is 5.77. The maximum absolute atomic E-state index is 11.8. The lowest BCUT2D eigenvalue weighted by atomic mass is 9.88. The molecule has 23 heavy (non-hydrogen) atoms. The highest BCUT2D eigenvalue weighted by Crippen LogP contribution is 2.29. The molecule has 0 radical (unpaired) electrons. The van der Waals surface area contributed by atoms with Crippen LogP contribution in [0.1, 0.15) is 42.0 Å². The van der Waals surface area contributed by atoms with Crippen LogP contribution in [0.3, 0.4) is 0 Å². The van der Waals surface area contributed by atoms with Crippen LogP contribution in [0.2, 0.25) is 0 Å². The van der Waals surface area contributed by atoms with Crippen LogP contribution in [0.15, 0.2) is 42.5 Å². The molecule has 0 spiro atoms. The van der Waals surface area contributed by atoms with Crippen molar-refractivity contribution >= 4 is 5.97 Å². The fourth-order valence-electron chi connectivity index (χ4n) is 2.81. The van der Waals surface area contributed by atoms with Crippen molar-refractivity contribution in [2.24, 2.45) is 0 Å². The average Bonchev–Trinajstić information content (AvgIpc) is 2.46. The number of hydrogen-bond acceptors (Lipinski definition) is 2. The Hall–Kier alpha value is -2.29. The molecule has 0 aliphatic heterocycles. The standard InChI is InChI=1S/C20H24O3/c1-13(2)23-19-8-6-5-7-16(19)12-18(20(21)22)17-10-9-14(3)11-15(17)4/h5-11,13,18H,12H2,1-4H3,(H,21,22). The van der Waals surface area contributed by atoms with E-state index in [1.165, 1.54) is 0 Å². The Morgan fingerprint density at radius 3 is 2.43 bits per heavy atom.